The number of methoxy groups -OCH3 is 1. The molecule has 0 saturated heterocycles. The van der Waals surface area contributed by atoms with Gasteiger partial charge in [-0.3, -0.25) is 15.1 Å². The van der Waals surface area contributed by atoms with E-state index in [0.717, 1.165) is 30.4 Å². The van der Waals surface area contributed by atoms with Gasteiger partial charge in [0.1, 0.15) is 6.33 Å². The molecule has 1 saturated carbocycles. The summed E-state index contributed by atoms with van der Waals surface area (Å²) >= 11 is 0. The van der Waals surface area contributed by atoms with Crippen LogP contribution in [0.4, 0.5) is 0 Å². The normalized spacial score (nSPS) is 28.2. The zero-order valence-electron chi connectivity index (χ0n) is 19.3. The van der Waals surface area contributed by atoms with Crippen LogP contribution in [0.2, 0.25) is 0 Å². The number of carbonyl (C=O) groups is 1. The fraction of sp³-hybridized carbons (Fsp3) is 0.480. The molecule has 172 valence electrons. The van der Waals surface area contributed by atoms with E-state index in [2.05, 4.69) is 29.9 Å². The average molecular weight is 447 g/mol. The Morgan fingerprint density at radius 2 is 2.06 bits per heavy atom. The first kappa shape index (κ1) is 22.9. The van der Waals surface area contributed by atoms with E-state index >= 15 is 0 Å². The third kappa shape index (κ3) is 4.09. The van der Waals surface area contributed by atoms with Gasteiger partial charge in [0.15, 0.2) is 5.96 Å². The molecule has 4 rings (SSSR count). The van der Waals surface area contributed by atoms with Crippen molar-refractivity contribution < 1.29 is 9.53 Å². The van der Waals surface area contributed by atoms with Crippen LogP contribution in [0.1, 0.15) is 55.0 Å². The van der Waals surface area contributed by atoms with E-state index in [4.69, 9.17) is 15.9 Å². The van der Waals surface area contributed by atoms with Crippen molar-refractivity contribution >= 4 is 11.9 Å². The minimum absolute atomic E-state index is 0.0995. The molecule has 5 atom stereocenters. The number of guanidine groups is 1. The number of carbonyl (C=O) groups excluding carboxylic acids is 1. The molecular weight excluding hydrogens is 416 g/mol. The number of fused-ring (bicyclic) bond motifs is 1. The highest BCUT2D eigenvalue weighted by atomic mass is 16.5. The summed E-state index contributed by atoms with van der Waals surface area (Å²) in [6.07, 6.45) is 5.55. The van der Waals surface area contributed by atoms with E-state index in [-0.39, 0.29) is 41.8 Å². The maximum atomic E-state index is 14.1. The maximum Gasteiger partial charge on any atom is 0.237 e. The first-order chi connectivity index (χ1) is 15.8. The number of hydrogen-bond acceptors (Lipinski definition) is 6. The second-order valence-electron chi connectivity index (χ2n) is 9.57. The SMILES string of the molecule is CO[C@H]1[C@H](C)C[C@@]2(Cc3ccc(C#N)cc3[C@H]2C(=O)N(Cc2ccncn2)C(=N)N)C[C@@H]1C. The van der Waals surface area contributed by atoms with E-state index in [1.54, 1.807) is 19.4 Å². The van der Waals surface area contributed by atoms with Gasteiger partial charge in [0.05, 0.1) is 35.9 Å². The summed E-state index contributed by atoms with van der Waals surface area (Å²) in [6.45, 7) is 4.46. The largest absolute Gasteiger partial charge is 0.381 e. The van der Waals surface area contributed by atoms with Crippen molar-refractivity contribution in [1.82, 2.24) is 14.9 Å². The Morgan fingerprint density at radius 3 is 2.64 bits per heavy atom. The predicted octanol–water partition coefficient (Wildman–Crippen LogP) is 2.98. The molecule has 0 radical (unpaired) electrons. The molecule has 33 heavy (non-hydrogen) atoms. The minimum atomic E-state index is -0.491. The molecule has 1 aromatic heterocycles. The lowest BCUT2D eigenvalue weighted by atomic mass is 9.59. The third-order valence-corrected chi connectivity index (χ3v) is 7.36. The zero-order valence-corrected chi connectivity index (χ0v) is 19.3. The topological polar surface area (TPSA) is 129 Å². The van der Waals surface area contributed by atoms with Gasteiger partial charge < -0.3 is 10.5 Å². The number of ether oxygens (including phenoxy) is 1. The Morgan fingerprint density at radius 1 is 1.33 bits per heavy atom. The van der Waals surface area contributed by atoms with Gasteiger partial charge in [0, 0.05) is 13.3 Å². The molecule has 1 fully saturated rings. The van der Waals surface area contributed by atoms with Gasteiger partial charge in [-0.25, -0.2) is 9.97 Å². The van der Waals surface area contributed by atoms with Gasteiger partial charge in [-0.05, 0) is 65.8 Å². The number of hydrogen-bond donors (Lipinski definition) is 2. The van der Waals surface area contributed by atoms with Crippen LogP contribution in [0.25, 0.3) is 0 Å². The summed E-state index contributed by atoms with van der Waals surface area (Å²) in [5, 5.41) is 17.7. The molecular formula is C25H30N6O2. The van der Waals surface area contributed by atoms with Gasteiger partial charge >= 0.3 is 0 Å². The number of nitrogens with two attached hydrogens (primary N) is 1. The van der Waals surface area contributed by atoms with Crippen molar-refractivity contribution in [1.29, 1.82) is 10.7 Å². The van der Waals surface area contributed by atoms with Crippen LogP contribution >= 0.6 is 0 Å². The van der Waals surface area contributed by atoms with Gasteiger partial charge in [0.2, 0.25) is 5.91 Å². The number of nitrogens with zero attached hydrogens (tertiary/aromatic N) is 4. The fourth-order valence-electron chi connectivity index (χ4n) is 6.32. The van der Waals surface area contributed by atoms with Crippen LogP contribution in [0, 0.1) is 34.0 Å². The number of rotatable bonds is 4. The summed E-state index contributed by atoms with van der Waals surface area (Å²) in [5.74, 6) is -0.484. The van der Waals surface area contributed by atoms with Crippen molar-refractivity contribution in [3.63, 3.8) is 0 Å². The maximum absolute atomic E-state index is 14.1. The molecule has 3 N–H and O–H groups in total. The number of amides is 1. The van der Waals surface area contributed by atoms with Crippen molar-refractivity contribution in [2.24, 2.45) is 23.0 Å². The Labute approximate surface area is 194 Å². The number of aromatic nitrogens is 2. The van der Waals surface area contributed by atoms with E-state index in [1.165, 1.54) is 11.2 Å². The van der Waals surface area contributed by atoms with Crippen LogP contribution in [-0.2, 0) is 22.5 Å². The lowest BCUT2D eigenvalue weighted by molar-refractivity contribution is -0.136. The van der Waals surface area contributed by atoms with Crippen LogP contribution in [0.5, 0.6) is 0 Å². The molecule has 0 bridgehead atoms. The van der Waals surface area contributed by atoms with Crippen LogP contribution in [-0.4, -0.2) is 39.9 Å². The van der Waals surface area contributed by atoms with Crippen molar-refractivity contribution in [2.45, 2.75) is 51.7 Å². The lowest BCUT2D eigenvalue weighted by Gasteiger charge is -2.48. The van der Waals surface area contributed by atoms with Gasteiger partial charge in [-0.15, -0.1) is 0 Å². The van der Waals surface area contributed by atoms with E-state index < -0.39 is 5.92 Å². The molecule has 8 nitrogen and oxygen atoms in total. The highest BCUT2D eigenvalue weighted by molar-refractivity contribution is 5.99. The Kier molecular flexibility index (Phi) is 6.17. The molecule has 1 aromatic carbocycles. The molecule has 1 amide bonds. The van der Waals surface area contributed by atoms with E-state index in [1.807, 2.05) is 18.2 Å². The summed E-state index contributed by atoms with van der Waals surface area (Å²) in [4.78, 5) is 23.6. The second kappa shape index (κ2) is 8.91. The van der Waals surface area contributed by atoms with E-state index in [9.17, 15) is 10.1 Å². The molecule has 2 aliphatic rings. The Bertz CT molecular complexity index is 1080. The quantitative estimate of drug-likeness (QED) is 0.549. The third-order valence-electron chi connectivity index (χ3n) is 7.36. The summed E-state index contributed by atoms with van der Waals surface area (Å²) in [6, 6.07) is 9.55. The monoisotopic (exact) mass is 446 g/mol. The molecule has 1 spiro atoms. The molecule has 8 heteroatoms. The summed E-state index contributed by atoms with van der Waals surface area (Å²) in [7, 11) is 1.75. The number of nitriles is 1. The average Bonchev–Trinajstić information content (AvgIpc) is 3.08. The lowest BCUT2D eigenvalue weighted by Crippen LogP contribution is -2.50. The van der Waals surface area contributed by atoms with Gasteiger partial charge in [0.25, 0.3) is 0 Å². The second-order valence-corrected chi connectivity index (χ2v) is 9.57. The smallest absolute Gasteiger partial charge is 0.237 e. The molecule has 2 aromatic rings. The van der Waals surface area contributed by atoms with E-state index in [0.29, 0.717) is 11.3 Å². The first-order valence-electron chi connectivity index (χ1n) is 11.3. The highest BCUT2D eigenvalue weighted by Crippen LogP contribution is 2.58. The van der Waals surface area contributed by atoms with Crippen molar-refractivity contribution in [2.75, 3.05) is 7.11 Å². The Balaban J connectivity index is 1.78. The zero-order chi connectivity index (χ0) is 23.8. The molecule has 0 unspecified atom stereocenters. The number of nitrogens with one attached hydrogen (secondary N) is 1. The van der Waals surface area contributed by atoms with Gasteiger partial charge in [-0.1, -0.05) is 19.9 Å². The fourth-order valence-corrected chi connectivity index (χ4v) is 6.32. The van der Waals surface area contributed by atoms with Crippen molar-refractivity contribution in [3.8, 4) is 6.07 Å². The Hall–Kier alpha value is -3.31. The molecule has 0 aliphatic heterocycles. The predicted molar refractivity (Wildman–Crippen MR) is 123 cm³/mol. The van der Waals surface area contributed by atoms with Crippen LogP contribution in [0.15, 0.2) is 36.8 Å². The first-order valence-corrected chi connectivity index (χ1v) is 11.3. The molecule has 2 aliphatic carbocycles. The summed E-state index contributed by atoms with van der Waals surface area (Å²) < 4.78 is 5.79. The number of benzene rings is 1. The van der Waals surface area contributed by atoms with Crippen LogP contribution in [0.3, 0.4) is 0 Å². The van der Waals surface area contributed by atoms with Crippen molar-refractivity contribution in [3.05, 3.63) is 59.2 Å². The van der Waals surface area contributed by atoms with Gasteiger partial charge in [-0.2, -0.15) is 5.26 Å². The van der Waals surface area contributed by atoms with Crippen LogP contribution < -0.4 is 5.73 Å². The highest BCUT2D eigenvalue weighted by Gasteiger charge is 2.55. The minimum Gasteiger partial charge on any atom is -0.381 e. The summed E-state index contributed by atoms with van der Waals surface area (Å²) in [5.41, 5.74) is 8.70. The molecule has 1 heterocycles. The standard InChI is InChI=1S/C25H30N6O2/c1-15-9-25(10-16(2)22(15)33-3)11-18-5-4-17(12-26)8-20(18)21(25)23(32)31(24(27)28)13-19-6-7-29-14-30-19/h4-8,14-16,21-22H,9-11,13H2,1-3H3,(H3,27,28)/t15-,16+,21-,22+,25+/m0/s1.